The van der Waals surface area contributed by atoms with Crippen molar-refractivity contribution in [1.82, 2.24) is 10.2 Å². The summed E-state index contributed by atoms with van der Waals surface area (Å²) in [5.41, 5.74) is 4.53. The monoisotopic (exact) mass is 354 g/mol. The summed E-state index contributed by atoms with van der Waals surface area (Å²) in [4.78, 5) is 0. The molecule has 1 aromatic heterocycles. The molecule has 5 heteroatoms. The van der Waals surface area contributed by atoms with Crippen molar-refractivity contribution in [3.63, 3.8) is 0 Å². The summed E-state index contributed by atoms with van der Waals surface area (Å²) in [7, 11) is 0. The Hall–Kier alpha value is -2.27. The lowest BCUT2D eigenvalue weighted by molar-refractivity contribution is 0.316. The quantitative estimate of drug-likeness (QED) is 0.430. The van der Waals surface area contributed by atoms with E-state index in [9.17, 15) is 0 Å². The number of rotatable bonds is 7. The molecule has 0 radical (unpaired) electrons. The molecular formula is C20H22N2O2S. The van der Waals surface area contributed by atoms with Crippen LogP contribution < -0.4 is 4.74 Å². The number of hydrogen-bond acceptors (Lipinski definition) is 5. The van der Waals surface area contributed by atoms with E-state index in [2.05, 4.69) is 49.2 Å². The molecule has 2 aromatic carbocycles. The van der Waals surface area contributed by atoms with Gasteiger partial charge in [-0.1, -0.05) is 41.6 Å². The summed E-state index contributed by atoms with van der Waals surface area (Å²) < 4.78 is 11.6. The molecule has 3 rings (SSSR count). The number of aryl methyl sites for hydroxylation is 3. The minimum Gasteiger partial charge on any atom is -0.493 e. The number of nitrogens with zero attached hydrogens (tertiary/aromatic N) is 2. The van der Waals surface area contributed by atoms with Gasteiger partial charge in [-0.15, -0.1) is 10.2 Å². The smallest absolute Gasteiger partial charge is 0.276 e. The average Bonchev–Trinajstić information content (AvgIpc) is 3.07. The number of hydrogen-bond donors (Lipinski definition) is 0. The summed E-state index contributed by atoms with van der Waals surface area (Å²) >= 11 is 1.56. The first-order chi connectivity index (χ1) is 12.1. The van der Waals surface area contributed by atoms with E-state index in [1.165, 1.54) is 11.1 Å². The summed E-state index contributed by atoms with van der Waals surface area (Å²) in [6.07, 6.45) is 0.917. The Bertz CT molecular complexity index is 828. The molecule has 0 aliphatic heterocycles. The zero-order chi connectivity index (χ0) is 17.6. The van der Waals surface area contributed by atoms with Crippen LogP contribution in [0.4, 0.5) is 0 Å². The van der Waals surface area contributed by atoms with Gasteiger partial charge in [-0.05, 0) is 56.5 Å². The summed E-state index contributed by atoms with van der Waals surface area (Å²) in [6.45, 7) is 6.87. The molecule has 4 nitrogen and oxygen atoms in total. The summed E-state index contributed by atoms with van der Waals surface area (Å²) in [5.74, 6) is 2.40. The van der Waals surface area contributed by atoms with Crippen LogP contribution in [0.5, 0.6) is 5.75 Å². The highest BCUT2D eigenvalue weighted by atomic mass is 32.2. The average molecular weight is 354 g/mol. The standard InChI is InChI=1S/C20H22N2O2S/c1-14-6-9-17(10-7-14)19-21-22-20(24-19)25-12-4-11-23-18-13-15(2)5-8-16(18)3/h5-10,13H,4,11-12H2,1-3H3. The lowest BCUT2D eigenvalue weighted by atomic mass is 10.1. The third-order valence-corrected chi connectivity index (χ3v) is 4.73. The van der Waals surface area contributed by atoms with Gasteiger partial charge in [0.25, 0.3) is 5.22 Å². The molecule has 1 heterocycles. The second-order valence-electron chi connectivity index (χ2n) is 6.06. The fourth-order valence-corrected chi connectivity index (χ4v) is 3.02. The van der Waals surface area contributed by atoms with Gasteiger partial charge >= 0.3 is 0 Å². The molecule has 0 spiro atoms. The van der Waals surface area contributed by atoms with Crippen molar-refractivity contribution in [3.8, 4) is 17.2 Å². The molecule has 130 valence electrons. The van der Waals surface area contributed by atoms with Crippen molar-refractivity contribution in [2.75, 3.05) is 12.4 Å². The molecule has 0 aliphatic carbocycles. The van der Waals surface area contributed by atoms with Gasteiger partial charge in [-0.25, -0.2) is 0 Å². The molecule has 0 fully saturated rings. The van der Waals surface area contributed by atoms with Crippen molar-refractivity contribution in [3.05, 3.63) is 59.2 Å². The number of aromatic nitrogens is 2. The fraction of sp³-hybridized carbons (Fsp3) is 0.300. The maximum Gasteiger partial charge on any atom is 0.276 e. The normalized spacial score (nSPS) is 10.8. The number of ether oxygens (including phenoxy) is 1. The first-order valence-corrected chi connectivity index (χ1v) is 9.34. The van der Waals surface area contributed by atoms with E-state index in [0.29, 0.717) is 17.7 Å². The van der Waals surface area contributed by atoms with E-state index in [1.807, 2.05) is 24.3 Å². The Morgan fingerprint density at radius 2 is 1.72 bits per heavy atom. The highest BCUT2D eigenvalue weighted by molar-refractivity contribution is 7.99. The molecule has 3 aromatic rings. The van der Waals surface area contributed by atoms with Crippen LogP contribution in [0.1, 0.15) is 23.1 Å². The topological polar surface area (TPSA) is 48.2 Å². The predicted octanol–water partition coefficient (Wildman–Crippen LogP) is 5.22. The maximum absolute atomic E-state index is 5.86. The molecule has 0 saturated carbocycles. The predicted molar refractivity (Wildman–Crippen MR) is 101 cm³/mol. The Morgan fingerprint density at radius 1 is 0.960 bits per heavy atom. The van der Waals surface area contributed by atoms with E-state index >= 15 is 0 Å². The first kappa shape index (κ1) is 17.5. The van der Waals surface area contributed by atoms with Gasteiger partial charge in [0.05, 0.1) is 6.61 Å². The third-order valence-electron chi connectivity index (χ3n) is 3.82. The molecule has 0 atom stereocenters. The van der Waals surface area contributed by atoms with Gasteiger partial charge in [0, 0.05) is 11.3 Å². The van der Waals surface area contributed by atoms with Gasteiger partial charge in [0.15, 0.2) is 0 Å². The molecule has 0 aliphatic rings. The Labute approximate surface area is 152 Å². The summed E-state index contributed by atoms with van der Waals surface area (Å²) in [5, 5.41) is 8.82. The molecule has 0 bridgehead atoms. The molecule has 0 amide bonds. The lowest BCUT2D eigenvalue weighted by Crippen LogP contribution is -2.00. The largest absolute Gasteiger partial charge is 0.493 e. The van der Waals surface area contributed by atoms with E-state index in [0.717, 1.165) is 29.1 Å². The van der Waals surface area contributed by atoms with Crippen LogP contribution in [0.3, 0.4) is 0 Å². The van der Waals surface area contributed by atoms with Crippen molar-refractivity contribution in [2.24, 2.45) is 0 Å². The lowest BCUT2D eigenvalue weighted by Gasteiger charge is -2.09. The number of thioether (sulfide) groups is 1. The van der Waals surface area contributed by atoms with Gasteiger partial charge in [-0.2, -0.15) is 0 Å². The van der Waals surface area contributed by atoms with Gasteiger partial charge in [0.1, 0.15) is 5.75 Å². The summed E-state index contributed by atoms with van der Waals surface area (Å²) in [6, 6.07) is 14.3. The molecule has 0 unspecified atom stereocenters. The minimum atomic E-state index is 0.564. The van der Waals surface area contributed by atoms with Crippen molar-refractivity contribution in [1.29, 1.82) is 0 Å². The Morgan fingerprint density at radius 3 is 2.52 bits per heavy atom. The van der Waals surface area contributed by atoms with Crippen LogP contribution in [-0.4, -0.2) is 22.6 Å². The second-order valence-corrected chi connectivity index (χ2v) is 7.10. The zero-order valence-electron chi connectivity index (χ0n) is 14.8. The molecular weight excluding hydrogens is 332 g/mol. The molecule has 0 N–H and O–H groups in total. The highest BCUT2D eigenvalue weighted by Gasteiger charge is 2.08. The highest BCUT2D eigenvalue weighted by Crippen LogP contribution is 2.24. The van der Waals surface area contributed by atoms with Crippen molar-refractivity contribution < 1.29 is 9.15 Å². The number of benzene rings is 2. The zero-order valence-corrected chi connectivity index (χ0v) is 15.6. The SMILES string of the molecule is Cc1ccc(-c2nnc(SCCCOc3cc(C)ccc3C)o2)cc1. The Balaban J connectivity index is 1.45. The van der Waals surface area contributed by atoms with E-state index in [4.69, 9.17) is 9.15 Å². The first-order valence-electron chi connectivity index (χ1n) is 8.35. The van der Waals surface area contributed by atoms with E-state index in [1.54, 1.807) is 11.8 Å². The molecule has 25 heavy (non-hydrogen) atoms. The second kappa shape index (κ2) is 8.21. The van der Waals surface area contributed by atoms with Crippen LogP contribution >= 0.6 is 11.8 Å². The Kier molecular flexibility index (Phi) is 5.76. The molecule has 0 saturated heterocycles. The van der Waals surface area contributed by atoms with Crippen LogP contribution in [0.25, 0.3) is 11.5 Å². The van der Waals surface area contributed by atoms with Gasteiger partial charge in [0.2, 0.25) is 5.89 Å². The van der Waals surface area contributed by atoms with Gasteiger partial charge < -0.3 is 9.15 Å². The van der Waals surface area contributed by atoms with Crippen LogP contribution in [0, 0.1) is 20.8 Å². The van der Waals surface area contributed by atoms with Gasteiger partial charge in [-0.3, -0.25) is 0 Å². The van der Waals surface area contributed by atoms with E-state index in [-0.39, 0.29) is 0 Å². The maximum atomic E-state index is 5.86. The van der Waals surface area contributed by atoms with Crippen LogP contribution in [0.15, 0.2) is 52.1 Å². The van der Waals surface area contributed by atoms with E-state index < -0.39 is 0 Å². The third kappa shape index (κ3) is 4.86. The van der Waals surface area contributed by atoms with Crippen LogP contribution in [0.2, 0.25) is 0 Å². The van der Waals surface area contributed by atoms with Crippen LogP contribution in [-0.2, 0) is 0 Å². The fourth-order valence-electron chi connectivity index (χ4n) is 2.34. The van der Waals surface area contributed by atoms with Crippen molar-refractivity contribution >= 4 is 11.8 Å². The van der Waals surface area contributed by atoms with Crippen molar-refractivity contribution in [2.45, 2.75) is 32.4 Å². The minimum absolute atomic E-state index is 0.564.